The summed E-state index contributed by atoms with van der Waals surface area (Å²) in [6, 6.07) is 0.0439. The number of hydrogen-bond acceptors (Lipinski definition) is 2. The van der Waals surface area contributed by atoms with Gasteiger partial charge in [0.05, 0.1) is 5.41 Å². The molecule has 120 valence electrons. The molecule has 2 aliphatic rings. The zero-order chi connectivity index (χ0) is 15.6. The van der Waals surface area contributed by atoms with Crippen LogP contribution in [0.25, 0.3) is 0 Å². The van der Waals surface area contributed by atoms with Gasteiger partial charge in [0.15, 0.2) is 0 Å². The number of amides is 2. The molecule has 21 heavy (non-hydrogen) atoms. The third-order valence-corrected chi connectivity index (χ3v) is 5.13. The molecule has 3 atom stereocenters. The Kier molecular flexibility index (Phi) is 4.79. The maximum absolute atomic E-state index is 12.3. The van der Waals surface area contributed by atoms with E-state index in [1.54, 1.807) is 4.90 Å². The smallest absolute Gasteiger partial charge is 0.317 e. The van der Waals surface area contributed by atoms with E-state index in [0.717, 1.165) is 25.7 Å². The van der Waals surface area contributed by atoms with Gasteiger partial charge in [0.2, 0.25) is 0 Å². The van der Waals surface area contributed by atoms with E-state index in [9.17, 15) is 14.7 Å². The minimum Gasteiger partial charge on any atom is -0.481 e. The second-order valence-electron chi connectivity index (χ2n) is 7.25. The molecule has 5 nitrogen and oxygen atoms in total. The standard InChI is InChI=1S/C16H28N2O3/c1-11(2)6-7-12(3)17-15(21)18-9-13-5-4-8-16(13,10-18)14(19)20/h11-13H,4-10H2,1-3H3,(H,17,21)(H,19,20)/t12?,13-,16+/m0/s1. The number of fused-ring (bicyclic) bond motifs is 1. The Balaban J connectivity index is 1.89. The number of nitrogens with zero attached hydrogens (tertiary/aromatic N) is 1. The van der Waals surface area contributed by atoms with Crippen molar-refractivity contribution in [2.24, 2.45) is 17.3 Å². The summed E-state index contributed by atoms with van der Waals surface area (Å²) in [5.74, 6) is 0.0330. The van der Waals surface area contributed by atoms with Crippen molar-refractivity contribution in [1.29, 1.82) is 0 Å². The summed E-state index contributed by atoms with van der Waals surface area (Å²) in [5, 5.41) is 12.6. The molecule has 1 heterocycles. The maximum Gasteiger partial charge on any atom is 0.317 e. The fourth-order valence-electron chi connectivity index (χ4n) is 3.75. The van der Waals surface area contributed by atoms with E-state index in [4.69, 9.17) is 0 Å². The van der Waals surface area contributed by atoms with Crippen LogP contribution in [0.3, 0.4) is 0 Å². The zero-order valence-corrected chi connectivity index (χ0v) is 13.4. The molecule has 0 spiro atoms. The third kappa shape index (κ3) is 3.33. The first-order valence-electron chi connectivity index (χ1n) is 8.14. The van der Waals surface area contributed by atoms with Gasteiger partial charge in [-0.3, -0.25) is 4.79 Å². The summed E-state index contributed by atoms with van der Waals surface area (Å²) in [5.41, 5.74) is -0.682. The van der Waals surface area contributed by atoms with Crippen LogP contribution < -0.4 is 5.32 Å². The monoisotopic (exact) mass is 296 g/mol. The Bertz CT molecular complexity index is 410. The Hall–Kier alpha value is -1.26. The van der Waals surface area contributed by atoms with Crippen LogP contribution in [-0.4, -0.2) is 41.1 Å². The summed E-state index contributed by atoms with van der Waals surface area (Å²) >= 11 is 0. The predicted molar refractivity (Wildman–Crippen MR) is 81.0 cm³/mol. The lowest BCUT2D eigenvalue weighted by molar-refractivity contribution is -0.149. The van der Waals surface area contributed by atoms with Gasteiger partial charge in [-0.1, -0.05) is 20.3 Å². The van der Waals surface area contributed by atoms with E-state index in [-0.39, 0.29) is 18.0 Å². The van der Waals surface area contributed by atoms with Crippen molar-refractivity contribution >= 4 is 12.0 Å². The highest BCUT2D eigenvalue weighted by Crippen LogP contribution is 2.48. The second kappa shape index (κ2) is 6.24. The fourth-order valence-corrected chi connectivity index (χ4v) is 3.75. The minimum atomic E-state index is -0.729. The highest BCUT2D eigenvalue weighted by molar-refractivity contribution is 5.80. The normalized spacial score (nSPS) is 29.5. The van der Waals surface area contributed by atoms with E-state index >= 15 is 0 Å². The number of likely N-dealkylation sites (tertiary alicyclic amines) is 1. The summed E-state index contributed by atoms with van der Waals surface area (Å²) in [7, 11) is 0. The van der Waals surface area contributed by atoms with Gasteiger partial charge in [-0.2, -0.15) is 0 Å². The molecule has 0 aromatic rings. The Morgan fingerprint density at radius 3 is 2.62 bits per heavy atom. The van der Waals surface area contributed by atoms with Gasteiger partial charge in [0.25, 0.3) is 0 Å². The molecular weight excluding hydrogens is 268 g/mol. The first-order valence-corrected chi connectivity index (χ1v) is 8.14. The lowest BCUT2D eigenvalue weighted by Crippen LogP contribution is -2.44. The van der Waals surface area contributed by atoms with Gasteiger partial charge in [-0.25, -0.2) is 4.79 Å². The maximum atomic E-state index is 12.3. The summed E-state index contributed by atoms with van der Waals surface area (Å²) in [6.07, 6.45) is 4.66. The van der Waals surface area contributed by atoms with Gasteiger partial charge in [-0.15, -0.1) is 0 Å². The van der Waals surface area contributed by atoms with Crippen LogP contribution in [0.2, 0.25) is 0 Å². The largest absolute Gasteiger partial charge is 0.481 e. The molecule has 1 unspecified atom stereocenters. The van der Waals surface area contributed by atoms with Crippen LogP contribution in [0, 0.1) is 17.3 Å². The highest BCUT2D eigenvalue weighted by atomic mass is 16.4. The molecule has 0 bridgehead atoms. The molecule has 1 saturated heterocycles. The Morgan fingerprint density at radius 1 is 1.33 bits per heavy atom. The number of aliphatic carboxylic acids is 1. The lowest BCUT2D eigenvalue weighted by atomic mass is 9.81. The number of carbonyl (C=O) groups excluding carboxylic acids is 1. The molecule has 2 rings (SSSR count). The van der Waals surface area contributed by atoms with Crippen LogP contribution in [-0.2, 0) is 4.79 Å². The topological polar surface area (TPSA) is 69.6 Å². The fraction of sp³-hybridized carbons (Fsp3) is 0.875. The summed E-state index contributed by atoms with van der Waals surface area (Å²) < 4.78 is 0. The van der Waals surface area contributed by atoms with E-state index in [1.165, 1.54) is 0 Å². The predicted octanol–water partition coefficient (Wildman–Crippen LogP) is 2.71. The van der Waals surface area contributed by atoms with Crippen LogP contribution in [0.5, 0.6) is 0 Å². The van der Waals surface area contributed by atoms with E-state index < -0.39 is 11.4 Å². The quantitative estimate of drug-likeness (QED) is 0.819. The van der Waals surface area contributed by atoms with Crippen molar-refractivity contribution in [3.63, 3.8) is 0 Å². The average molecular weight is 296 g/mol. The molecule has 1 aliphatic heterocycles. The van der Waals surface area contributed by atoms with Crippen molar-refractivity contribution < 1.29 is 14.7 Å². The first-order chi connectivity index (χ1) is 9.85. The highest BCUT2D eigenvalue weighted by Gasteiger charge is 2.55. The number of rotatable bonds is 5. The van der Waals surface area contributed by atoms with Crippen molar-refractivity contribution in [2.45, 2.75) is 58.9 Å². The molecular formula is C16H28N2O3. The molecule has 0 aromatic carbocycles. The van der Waals surface area contributed by atoms with Gasteiger partial charge in [0.1, 0.15) is 0 Å². The average Bonchev–Trinajstić information content (AvgIpc) is 2.93. The molecule has 2 fully saturated rings. The number of carbonyl (C=O) groups is 2. The van der Waals surface area contributed by atoms with Gasteiger partial charge < -0.3 is 15.3 Å². The van der Waals surface area contributed by atoms with Crippen molar-refractivity contribution in [3.8, 4) is 0 Å². The molecule has 5 heteroatoms. The molecule has 0 radical (unpaired) electrons. The SMILES string of the molecule is CC(C)CCC(C)NC(=O)N1C[C@@H]2CCC[C@@]2(C(=O)O)C1. The van der Waals surface area contributed by atoms with Crippen molar-refractivity contribution in [2.75, 3.05) is 13.1 Å². The molecule has 2 amide bonds. The first kappa shape index (κ1) is 16.1. The summed E-state index contributed by atoms with van der Waals surface area (Å²) in [4.78, 5) is 25.6. The van der Waals surface area contributed by atoms with Gasteiger partial charge in [-0.05, 0) is 44.4 Å². The lowest BCUT2D eigenvalue weighted by Gasteiger charge is -2.24. The zero-order valence-electron chi connectivity index (χ0n) is 13.4. The number of carboxylic acids is 1. The van der Waals surface area contributed by atoms with Crippen LogP contribution >= 0.6 is 0 Å². The Morgan fingerprint density at radius 2 is 2.05 bits per heavy atom. The van der Waals surface area contributed by atoms with Crippen LogP contribution in [0.1, 0.15) is 52.9 Å². The van der Waals surface area contributed by atoms with E-state index in [1.807, 2.05) is 6.92 Å². The third-order valence-electron chi connectivity index (χ3n) is 5.13. The minimum absolute atomic E-state index is 0.0960. The molecule has 1 aliphatic carbocycles. The summed E-state index contributed by atoms with van der Waals surface area (Å²) in [6.45, 7) is 7.33. The number of hydrogen-bond donors (Lipinski definition) is 2. The van der Waals surface area contributed by atoms with E-state index in [2.05, 4.69) is 19.2 Å². The molecule has 0 aromatic heterocycles. The van der Waals surface area contributed by atoms with Crippen molar-refractivity contribution in [1.82, 2.24) is 10.2 Å². The van der Waals surface area contributed by atoms with E-state index in [0.29, 0.717) is 25.4 Å². The number of nitrogens with one attached hydrogen (secondary N) is 1. The number of carboxylic acid groups (broad SMARTS) is 1. The second-order valence-corrected chi connectivity index (χ2v) is 7.25. The molecule has 2 N–H and O–H groups in total. The van der Waals surface area contributed by atoms with Gasteiger partial charge >= 0.3 is 12.0 Å². The molecule has 1 saturated carbocycles. The van der Waals surface area contributed by atoms with Crippen LogP contribution in [0.4, 0.5) is 4.79 Å². The van der Waals surface area contributed by atoms with Crippen LogP contribution in [0.15, 0.2) is 0 Å². The Labute approximate surface area is 127 Å². The van der Waals surface area contributed by atoms with Crippen molar-refractivity contribution in [3.05, 3.63) is 0 Å². The van der Waals surface area contributed by atoms with Gasteiger partial charge in [0, 0.05) is 19.1 Å². The number of urea groups is 1.